The van der Waals surface area contributed by atoms with Gasteiger partial charge in [-0.05, 0) is 30.3 Å². The van der Waals surface area contributed by atoms with Gasteiger partial charge in [0.2, 0.25) is 0 Å². The molecule has 0 aliphatic carbocycles. The first-order valence-corrected chi connectivity index (χ1v) is 9.06. The molecular formula is C21H12Cl2N2O3. The Hall–Kier alpha value is -3.15. The van der Waals surface area contributed by atoms with Crippen molar-refractivity contribution in [3.05, 3.63) is 94.0 Å². The number of benzene rings is 3. The average Bonchev–Trinajstić information content (AvgIpc) is 2.98. The Labute approximate surface area is 170 Å². The number of rotatable bonds is 3. The third kappa shape index (κ3) is 3.15. The van der Waals surface area contributed by atoms with Gasteiger partial charge in [-0.15, -0.1) is 0 Å². The monoisotopic (exact) mass is 410 g/mol. The molecule has 1 amide bonds. The van der Waals surface area contributed by atoms with E-state index in [4.69, 9.17) is 28.0 Å². The fourth-order valence-corrected chi connectivity index (χ4v) is 3.50. The number of halogens is 2. The number of anilines is 2. The average molecular weight is 411 g/mol. The van der Waals surface area contributed by atoms with Gasteiger partial charge in [-0.1, -0.05) is 70.8 Å². The van der Waals surface area contributed by atoms with Crippen LogP contribution >= 0.6 is 23.2 Å². The molecule has 5 nitrogen and oxygen atoms in total. The van der Waals surface area contributed by atoms with Crippen molar-refractivity contribution in [2.45, 2.75) is 0 Å². The van der Waals surface area contributed by atoms with E-state index in [1.54, 1.807) is 24.3 Å². The first-order valence-electron chi connectivity index (χ1n) is 8.30. The topological polar surface area (TPSA) is 59.0 Å². The Balaban J connectivity index is 1.70. The van der Waals surface area contributed by atoms with E-state index < -0.39 is 11.9 Å². The minimum absolute atomic E-state index is 0.00571. The summed E-state index contributed by atoms with van der Waals surface area (Å²) < 4.78 is 0. The number of carbonyl (C=O) groups is 2. The second-order valence-electron chi connectivity index (χ2n) is 5.91. The molecule has 138 valence electrons. The van der Waals surface area contributed by atoms with Crippen molar-refractivity contribution >= 4 is 52.2 Å². The van der Waals surface area contributed by atoms with Gasteiger partial charge in [0, 0.05) is 11.3 Å². The molecular weight excluding hydrogens is 399 g/mol. The molecule has 0 saturated carbocycles. The molecule has 0 atom stereocenters. The Bertz CT molecular complexity index is 1090. The molecule has 0 fully saturated rings. The minimum atomic E-state index is -0.841. The number of hydrogen-bond donors (Lipinski definition) is 0. The number of nitrogens with zero attached hydrogens (tertiary/aromatic N) is 2. The Morgan fingerprint density at radius 1 is 0.857 bits per heavy atom. The summed E-state index contributed by atoms with van der Waals surface area (Å²) in [7, 11) is 0. The molecule has 1 heterocycles. The number of carbonyl (C=O) groups excluding carboxylic acids is 2. The molecule has 7 heteroatoms. The lowest BCUT2D eigenvalue weighted by molar-refractivity contribution is -0.111. The van der Waals surface area contributed by atoms with E-state index in [0.29, 0.717) is 16.9 Å². The Morgan fingerprint density at radius 2 is 1.50 bits per heavy atom. The normalized spacial score (nSPS) is 14.3. The molecule has 1 aliphatic rings. The number of hydrogen-bond acceptors (Lipinski definition) is 4. The van der Waals surface area contributed by atoms with Gasteiger partial charge in [0.25, 0.3) is 5.91 Å². The number of fused-ring (bicyclic) bond motifs is 1. The van der Waals surface area contributed by atoms with Gasteiger partial charge >= 0.3 is 5.97 Å². The fraction of sp³-hybridized carbons (Fsp3) is 0. The second-order valence-corrected chi connectivity index (χ2v) is 6.72. The van der Waals surface area contributed by atoms with E-state index in [2.05, 4.69) is 5.16 Å². The van der Waals surface area contributed by atoms with Gasteiger partial charge in [0.05, 0.1) is 21.3 Å². The number of oxime groups is 1. The van der Waals surface area contributed by atoms with Gasteiger partial charge in [0.1, 0.15) is 0 Å². The summed E-state index contributed by atoms with van der Waals surface area (Å²) in [6.45, 7) is 0. The molecule has 28 heavy (non-hydrogen) atoms. The number of para-hydroxylation sites is 2. The van der Waals surface area contributed by atoms with Crippen molar-refractivity contribution in [3.8, 4) is 0 Å². The lowest BCUT2D eigenvalue weighted by atomic mass is 10.1. The molecule has 0 N–H and O–H groups in total. The highest BCUT2D eigenvalue weighted by atomic mass is 35.5. The molecule has 0 bridgehead atoms. The van der Waals surface area contributed by atoms with Crippen LogP contribution < -0.4 is 4.90 Å². The SMILES string of the molecule is O=C(O/N=C1\C(=O)N(c2ccccc2)c2ccccc21)c1c(Cl)cccc1Cl. The van der Waals surface area contributed by atoms with Crippen LogP contribution in [0.4, 0.5) is 11.4 Å². The van der Waals surface area contributed by atoms with Crippen molar-refractivity contribution in [2.75, 3.05) is 4.90 Å². The van der Waals surface area contributed by atoms with E-state index in [-0.39, 0.29) is 21.3 Å². The first-order chi connectivity index (χ1) is 13.6. The molecule has 1 aliphatic heterocycles. The van der Waals surface area contributed by atoms with Crippen LogP contribution in [0.25, 0.3) is 0 Å². The third-order valence-corrected chi connectivity index (χ3v) is 4.84. The van der Waals surface area contributed by atoms with Crippen LogP contribution in [-0.2, 0) is 9.63 Å². The molecule has 0 unspecified atom stereocenters. The standard InChI is InChI=1S/C21H12Cl2N2O3/c22-15-10-6-11-16(23)18(15)21(27)28-24-19-14-9-4-5-12-17(14)25(20(19)26)13-7-2-1-3-8-13/h1-12H/b24-19-. The summed E-state index contributed by atoms with van der Waals surface area (Å²) in [6.07, 6.45) is 0. The zero-order valence-corrected chi connectivity index (χ0v) is 15.8. The Morgan fingerprint density at radius 3 is 2.21 bits per heavy atom. The predicted octanol–water partition coefficient (Wildman–Crippen LogP) is 5.23. The summed E-state index contributed by atoms with van der Waals surface area (Å²) in [5.41, 5.74) is 1.93. The van der Waals surface area contributed by atoms with Crippen LogP contribution in [0.3, 0.4) is 0 Å². The largest absolute Gasteiger partial charge is 0.368 e. The fourth-order valence-electron chi connectivity index (χ4n) is 2.95. The highest BCUT2D eigenvalue weighted by Gasteiger charge is 2.35. The molecule has 4 rings (SSSR count). The van der Waals surface area contributed by atoms with Gasteiger partial charge in [-0.3, -0.25) is 9.69 Å². The van der Waals surface area contributed by atoms with E-state index in [9.17, 15) is 9.59 Å². The van der Waals surface area contributed by atoms with Gasteiger partial charge in [-0.2, -0.15) is 0 Å². The van der Waals surface area contributed by atoms with Crippen molar-refractivity contribution in [1.82, 2.24) is 0 Å². The molecule has 0 spiro atoms. The summed E-state index contributed by atoms with van der Waals surface area (Å²) in [4.78, 5) is 31.9. The van der Waals surface area contributed by atoms with Crippen molar-refractivity contribution in [1.29, 1.82) is 0 Å². The first kappa shape index (κ1) is 18.2. The Kier molecular flexibility index (Phi) is 4.86. The number of amides is 1. The minimum Gasteiger partial charge on any atom is -0.312 e. The summed E-state index contributed by atoms with van der Waals surface area (Å²) in [5, 5.41) is 4.12. The van der Waals surface area contributed by atoms with E-state index >= 15 is 0 Å². The maximum absolute atomic E-state index is 13.0. The van der Waals surface area contributed by atoms with Gasteiger partial charge in [-0.25, -0.2) is 4.79 Å². The van der Waals surface area contributed by atoms with E-state index in [1.807, 2.05) is 36.4 Å². The van der Waals surface area contributed by atoms with E-state index in [1.165, 1.54) is 17.0 Å². The second kappa shape index (κ2) is 7.46. The molecule has 0 saturated heterocycles. The van der Waals surface area contributed by atoms with Crippen LogP contribution in [0, 0.1) is 0 Å². The van der Waals surface area contributed by atoms with Crippen LogP contribution in [0.1, 0.15) is 15.9 Å². The van der Waals surface area contributed by atoms with E-state index in [0.717, 1.165) is 0 Å². The molecule has 0 radical (unpaired) electrons. The van der Waals surface area contributed by atoms with Crippen LogP contribution in [0.5, 0.6) is 0 Å². The van der Waals surface area contributed by atoms with Crippen LogP contribution in [0.15, 0.2) is 78.0 Å². The maximum atomic E-state index is 13.0. The predicted molar refractivity (Wildman–Crippen MR) is 108 cm³/mol. The highest BCUT2D eigenvalue weighted by Crippen LogP contribution is 2.35. The lowest BCUT2D eigenvalue weighted by Crippen LogP contribution is -2.25. The van der Waals surface area contributed by atoms with Crippen molar-refractivity contribution in [2.24, 2.45) is 5.16 Å². The molecule has 0 aromatic heterocycles. The summed E-state index contributed by atoms with van der Waals surface area (Å²) in [5.74, 6) is -1.24. The summed E-state index contributed by atoms with van der Waals surface area (Å²) >= 11 is 12.0. The van der Waals surface area contributed by atoms with Crippen molar-refractivity contribution in [3.63, 3.8) is 0 Å². The van der Waals surface area contributed by atoms with Crippen LogP contribution in [-0.4, -0.2) is 17.6 Å². The van der Waals surface area contributed by atoms with Gasteiger partial charge < -0.3 is 4.84 Å². The zero-order chi connectivity index (χ0) is 19.7. The lowest BCUT2D eigenvalue weighted by Gasteiger charge is -2.16. The molecule has 3 aromatic carbocycles. The van der Waals surface area contributed by atoms with Crippen molar-refractivity contribution < 1.29 is 14.4 Å². The maximum Gasteiger partial charge on any atom is 0.368 e. The summed E-state index contributed by atoms with van der Waals surface area (Å²) in [6, 6.07) is 20.9. The molecule has 3 aromatic rings. The zero-order valence-electron chi connectivity index (χ0n) is 14.3. The highest BCUT2D eigenvalue weighted by molar-refractivity contribution is 6.55. The van der Waals surface area contributed by atoms with Crippen LogP contribution in [0.2, 0.25) is 10.0 Å². The van der Waals surface area contributed by atoms with Gasteiger partial charge in [0.15, 0.2) is 5.71 Å². The smallest absolute Gasteiger partial charge is 0.312 e. The third-order valence-electron chi connectivity index (χ3n) is 4.21. The quantitative estimate of drug-likeness (QED) is 0.438.